The quantitative estimate of drug-likeness (QED) is 0.784. The highest BCUT2D eigenvalue weighted by Crippen LogP contribution is 2.26. The fourth-order valence-corrected chi connectivity index (χ4v) is 3.73. The first kappa shape index (κ1) is 15.8. The SMILES string of the molecule is CC(C)C1CC(NCC2CCCC2)CN(CC(=O)O)C1. The number of carboxylic acids is 1. The van der Waals surface area contributed by atoms with Gasteiger partial charge in [0.1, 0.15) is 0 Å². The van der Waals surface area contributed by atoms with Gasteiger partial charge in [-0.05, 0) is 43.6 Å². The van der Waals surface area contributed by atoms with Gasteiger partial charge in [-0.2, -0.15) is 0 Å². The molecule has 2 aliphatic rings. The second kappa shape index (κ2) is 7.41. The Balaban J connectivity index is 1.83. The van der Waals surface area contributed by atoms with Crippen molar-refractivity contribution in [2.45, 2.75) is 52.0 Å². The summed E-state index contributed by atoms with van der Waals surface area (Å²) in [5, 5.41) is 12.7. The van der Waals surface area contributed by atoms with Crippen LogP contribution in [-0.2, 0) is 4.79 Å². The van der Waals surface area contributed by atoms with E-state index in [9.17, 15) is 4.79 Å². The summed E-state index contributed by atoms with van der Waals surface area (Å²) in [6.07, 6.45) is 6.70. The number of carbonyl (C=O) groups is 1. The van der Waals surface area contributed by atoms with Crippen LogP contribution in [0.3, 0.4) is 0 Å². The summed E-state index contributed by atoms with van der Waals surface area (Å²) < 4.78 is 0. The van der Waals surface area contributed by atoms with Crippen LogP contribution in [0, 0.1) is 17.8 Å². The molecule has 4 heteroatoms. The van der Waals surface area contributed by atoms with E-state index in [-0.39, 0.29) is 6.54 Å². The fraction of sp³-hybridized carbons (Fsp3) is 0.938. The van der Waals surface area contributed by atoms with E-state index in [0.717, 1.165) is 25.6 Å². The van der Waals surface area contributed by atoms with Crippen molar-refractivity contribution in [3.05, 3.63) is 0 Å². The van der Waals surface area contributed by atoms with Crippen LogP contribution in [0.25, 0.3) is 0 Å². The summed E-state index contributed by atoms with van der Waals surface area (Å²) in [5.41, 5.74) is 0. The minimum absolute atomic E-state index is 0.185. The molecule has 116 valence electrons. The molecule has 1 heterocycles. The average Bonchev–Trinajstić information content (AvgIpc) is 2.88. The van der Waals surface area contributed by atoms with E-state index in [2.05, 4.69) is 24.1 Å². The molecular formula is C16H30N2O2. The summed E-state index contributed by atoms with van der Waals surface area (Å²) in [4.78, 5) is 13.1. The molecular weight excluding hydrogens is 252 g/mol. The summed E-state index contributed by atoms with van der Waals surface area (Å²) in [7, 11) is 0. The molecule has 0 aromatic rings. The lowest BCUT2D eigenvalue weighted by Crippen LogP contribution is -2.52. The summed E-state index contributed by atoms with van der Waals surface area (Å²) >= 11 is 0. The van der Waals surface area contributed by atoms with Gasteiger partial charge in [0.05, 0.1) is 6.54 Å². The zero-order valence-corrected chi connectivity index (χ0v) is 13.0. The smallest absolute Gasteiger partial charge is 0.317 e. The topological polar surface area (TPSA) is 52.6 Å². The summed E-state index contributed by atoms with van der Waals surface area (Å²) in [6, 6.07) is 0.469. The first-order valence-corrected chi connectivity index (χ1v) is 8.22. The van der Waals surface area contributed by atoms with Crippen molar-refractivity contribution in [1.29, 1.82) is 0 Å². The number of aliphatic carboxylic acids is 1. The van der Waals surface area contributed by atoms with Gasteiger partial charge < -0.3 is 10.4 Å². The van der Waals surface area contributed by atoms with E-state index in [0.29, 0.717) is 17.9 Å². The van der Waals surface area contributed by atoms with Crippen LogP contribution in [0.1, 0.15) is 46.0 Å². The minimum atomic E-state index is -0.705. The number of piperidine rings is 1. The second-order valence-electron chi connectivity index (χ2n) is 7.08. The van der Waals surface area contributed by atoms with Crippen molar-refractivity contribution in [3.8, 4) is 0 Å². The summed E-state index contributed by atoms with van der Waals surface area (Å²) in [6.45, 7) is 7.64. The number of hydrogen-bond acceptors (Lipinski definition) is 3. The van der Waals surface area contributed by atoms with E-state index < -0.39 is 5.97 Å². The van der Waals surface area contributed by atoms with Gasteiger partial charge in [-0.25, -0.2) is 0 Å². The Morgan fingerprint density at radius 3 is 2.60 bits per heavy atom. The third-order valence-corrected chi connectivity index (χ3v) is 5.03. The lowest BCUT2D eigenvalue weighted by molar-refractivity contribution is -0.139. The van der Waals surface area contributed by atoms with Gasteiger partial charge in [-0.15, -0.1) is 0 Å². The highest BCUT2D eigenvalue weighted by molar-refractivity contribution is 5.69. The molecule has 1 saturated heterocycles. The maximum atomic E-state index is 11.0. The second-order valence-corrected chi connectivity index (χ2v) is 7.08. The van der Waals surface area contributed by atoms with Gasteiger partial charge >= 0.3 is 5.97 Å². The highest BCUT2D eigenvalue weighted by Gasteiger charge is 2.30. The number of nitrogens with one attached hydrogen (secondary N) is 1. The van der Waals surface area contributed by atoms with Crippen molar-refractivity contribution in [3.63, 3.8) is 0 Å². The zero-order chi connectivity index (χ0) is 14.5. The minimum Gasteiger partial charge on any atom is -0.480 e. The molecule has 0 aromatic heterocycles. The molecule has 2 N–H and O–H groups in total. The molecule has 2 fully saturated rings. The van der Waals surface area contributed by atoms with E-state index in [1.165, 1.54) is 32.1 Å². The van der Waals surface area contributed by atoms with Gasteiger partial charge in [-0.3, -0.25) is 9.69 Å². The number of rotatable bonds is 6. The predicted molar refractivity (Wildman–Crippen MR) is 80.8 cm³/mol. The number of hydrogen-bond donors (Lipinski definition) is 2. The maximum Gasteiger partial charge on any atom is 0.317 e. The standard InChI is InChI=1S/C16H30N2O2/c1-12(2)14-7-15(10-18(9-14)11-16(19)20)17-8-13-5-3-4-6-13/h12-15,17H,3-11H2,1-2H3,(H,19,20). The highest BCUT2D eigenvalue weighted by atomic mass is 16.4. The molecule has 0 bridgehead atoms. The molecule has 0 radical (unpaired) electrons. The van der Waals surface area contributed by atoms with Gasteiger partial charge in [0.15, 0.2) is 0 Å². The van der Waals surface area contributed by atoms with Gasteiger partial charge in [0, 0.05) is 19.1 Å². The predicted octanol–water partition coefficient (Wildman–Crippen LogP) is 2.20. The normalized spacial score (nSPS) is 29.1. The number of nitrogens with zero attached hydrogens (tertiary/aromatic N) is 1. The number of likely N-dealkylation sites (tertiary alicyclic amines) is 1. The van der Waals surface area contributed by atoms with Gasteiger partial charge in [0.25, 0.3) is 0 Å². The maximum absolute atomic E-state index is 11.0. The Kier molecular flexibility index (Phi) is 5.85. The number of carboxylic acid groups (broad SMARTS) is 1. The molecule has 4 nitrogen and oxygen atoms in total. The van der Waals surface area contributed by atoms with E-state index in [1.807, 2.05) is 0 Å². The van der Waals surface area contributed by atoms with Crippen LogP contribution in [-0.4, -0.2) is 48.2 Å². The average molecular weight is 282 g/mol. The zero-order valence-electron chi connectivity index (χ0n) is 13.0. The van der Waals surface area contributed by atoms with Crippen LogP contribution >= 0.6 is 0 Å². The van der Waals surface area contributed by atoms with E-state index in [1.54, 1.807) is 0 Å². The molecule has 1 saturated carbocycles. The Morgan fingerprint density at radius 2 is 2.00 bits per heavy atom. The molecule has 0 amide bonds. The van der Waals surface area contributed by atoms with E-state index in [4.69, 9.17) is 5.11 Å². The van der Waals surface area contributed by atoms with Gasteiger partial charge in [-0.1, -0.05) is 26.7 Å². The lowest BCUT2D eigenvalue weighted by Gasteiger charge is -2.39. The van der Waals surface area contributed by atoms with Crippen LogP contribution in [0.15, 0.2) is 0 Å². The van der Waals surface area contributed by atoms with Crippen molar-refractivity contribution in [2.75, 3.05) is 26.2 Å². The Bertz CT molecular complexity index is 314. The fourth-order valence-electron chi connectivity index (χ4n) is 3.73. The van der Waals surface area contributed by atoms with Crippen LogP contribution in [0.5, 0.6) is 0 Å². The third-order valence-electron chi connectivity index (χ3n) is 5.03. The van der Waals surface area contributed by atoms with Crippen molar-refractivity contribution < 1.29 is 9.90 Å². The Hall–Kier alpha value is -0.610. The third kappa shape index (κ3) is 4.74. The van der Waals surface area contributed by atoms with Crippen LogP contribution < -0.4 is 5.32 Å². The molecule has 2 unspecified atom stereocenters. The largest absolute Gasteiger partial charge is 0.480 e. The summed E-state index contributed by atoms with van der Waals surface area (Å²) in [5.74, 6) is 1.39. The molecule has 0 spiro atoms. The molecule has 1 aliphatic heterocycles. The van der Waals surface area contributed by atoms with Crippen LogP contribution in [0.2, 0.25) is 0 Å². The molecule has 2 atom stereocenters. The Morgan fingerprint density at radius 1 is 1.30 bits per heavy atom. The Labute approximate surface area is 122 Å². The molecule has 20 heavy (non-hydrogen) atoms. The monoisotopic (exact) mass is 282 g/mol. The van der Waals surface area contributed by atoms with Gasteiger partial charge in [0.2, 0.25) is 0 Å². The molecule has 1 aliphatic carbocycles. The first-order chi connectivity index (χ1) is 9.54. The van der Waals surface area contributed by atoms with Crippen molar-refractivity contribution >= 4 is 5.97 Å². The molecule has 2 rings (SSSR count). The van der Waals surface area contributed by atoms with Crippen LogP contribution in [0.4, 0.5) is 0 Å². The molecule has 0 aromatic carbocycles. The van der Waals surface area contributed by atoms with E-state index >= 15 is 0 Å². The van der Waals surface area contributed by atoms with Crippen molar-refractivity contribution in [1.82, 2.24) is 10.2 Å². The first-order valence-electron chi connectivity index (χ1n) is 8.22. The van der Waals surface area contributed by atoms with Crippen molar-refractivity contribution in [2.24, 2.45) is 17.8 Å². The lowest BCUT2D eigenvalue weighted by atomic mass is 9.85.